The van der Waals surface area contributed by atoms with E-state index in [1.807, 2.05) is 0 Å². The van der Waals surface area contributed by atoms with Crippen LogP contribution in [0.1, 0.15) is 57.8 Å². The first-order valence-corrected chi connectivity index (χ1v) is 10.7. The summed E-state index contributed by atoms with van der Waals surface area (Å²) in [6.45, 7) is 0.428. The van der Waals surface area contributed by atoms with Crippen molar-refractivity contribution in [2.24, 2.45) is 11.8 Å². The van der Waals surface area contributed by atoms with Crippen LogP contribution in [0.15, 0.2) is 18.2 Å². The van der Waals surface area contributed by atoms with Crippen molar-refractivity contribution in [3.63, 3.8) is 0 Å². The highest BCUT2D eigenvalue weighted by atomic mass is 35.5. The molecule has 0 radical (unpaired) electrons. The Labute approximate surface area is 170 Å². The van der Waals surface area contributed by atoms with Gasteiger partial charge in [0.1, 0.15) is 5.75 Å². The number of ether oxygens (including phenoxy) is 1. The molecule has 1 aromatic rings. The van der Waals surface area contributed by atoms with Gasteiger partial charge < -0.3 is 15.2 Å². The molecule has 0 saturated heterocycles. The van der Waals surface area contributed by atoms with Gasteiger partial charge in [-0.05, 0) is 68.6 Å². The molecule has 3 bridgehead atoms. The van der Waals surface area contributed by atoms with Gasteiger partial charge in [-0.15, -0.1) is 0 Å². The maximum atomic E-state index is 12.5. The number of rotatable bonds is 6. The van der Waals surface area contributed by atoms with Crippen molar-refractivity contribution in [3.8, 4) is 5.75 Å². The Hall–Kier alpha value is -0.970. The molecule has 0 aromatic heterocycles. The summed E-state index contributed by atoms with van der Waals surface area (Å²) < 4.78 is 5.66. The van der Waals surface area contributed by atoms with Crippen molar-refractivity contribution in [1.82, 2.24) is 5.32 Å². The predicted octanol–water partition coefficient (Wildman–Crippen LogP) is 4.74. The average Bonchev–Trinajstić information content (AvgIpc) is 2.70. The molecular formula is C21H27Cl2NO3. The first-order valence-electron chi connectivity index (χ1n) is 9.99. The molecule has 1 amide bonds. The molecule has 3 aliphatic carbocycles. The van der Waals surface area contributed by atoms with Crippen LogP contribution in [-0.4, -0.2) is 28.8 Å². The fraction of sp³-hybridized carbons (Fsp3) is 0.667. The number of carbonyl (C=O) groups is 1. The first kappa shape index (κ1) is 19.4. The smallest absolute Gasteiger partial charge is 0.220 e. The van der Waals surface area contributed by atoms with Crippen LogP contribution < -0.4 is 10.1 Å². The molecule has 0 aliphatic heterocycles. The maximum absolute atomic E-state index is 12.5. The van der Waals surface area contributed by atoms with Gasteiger partial charge in [0.15, 0.2) is 0 Å². The zero-order valence-corrected chi connectivity index (χ0v) is 17.0. The Kier molecular flexibility index (Phi) is 5.34. The molecule has 3 saturated carbocycles. The summed E-state index contributed by atoms with van der Waals surface area (Å²) in [7, 11) is 0. The standard InChI is InChI=1S/C21H27Cl2NO3/c22-16-5-6-18(17(23)10-16)27-8-2-4-19(25)24-20-11-14-3-1-7-21(26,13-20)15(9-14)12-20/h5-6,10,14-15,26H,1-4,7-9,11-13H2,(H,24,25). The van der Waals surface area contributed by atoms with Crippen LogP contribution >= 0.6 is 23.2 Å². The lowest BCUT2D eigenvalue weighted by Crippen LogP contribution is -2.50. The molecule has 4 rings (SSSR count). The Morgan fingerprint density at radius 3 is 3.00 bits per heavy atom. The molecule has 0 heterocycles. The van der Waals surface area contributed by atoms with Crippen LogP contribution in [0.4, 0.5) is 0 Å². The number of carbonyl (C=O) groups excluding carboxylic acids is 1. The predicted molar refractivity (Wildman–Crippen MR) is 106 cm³/mol. The van der Waals surface area contributed by atoms with E-state index < -0.39 is 5.60 Å². The van der Waals surface area contributed by atoms with Crippen LogP contribution in [0.3, 0.4) is 0 Å². The molecule has 2 N–H and O–H groups in total. The van der Waals surface area contributed by atoms with E-state index in [1.54, 1.807) is 18.2 Å². The summed E-state index contributed by atoms with van der Waals surface area (Å²) in [6, 6.07) is 5.12. The van der Waals surface area contributed by atoms with E-state index in [1.165, 1.54) is 6.42 Å². The number of amides is 1. The zero-order valence-electron chi connectivity index (χ0n) is 15.5. The SMILES string of the molecule is O=C(CCCOc1ccc(Cl)cc1Cl)NC12CC3CCCC(O)(C1)C(C3)C2. The van der Waals surface area contributed by atoms with Gasteiger partial charge in [0.25, 0.3) is 0 Å². The van der Waals surface area contributed by atoms with Crippen LogP contribution in [0.2, 0.25) is 10.0 Å². The molecule has 3 aliphatic rings. The lowest BCUT2D eigenvalue weighted by atomic mass is 9.75. The highest BCUT2D eigenvalue weighted by Crippen LogP contribution is 2.57. The van der Waals surface area contributed by atoms with Crippen LogP contribution in [0, 0.1) is 11.8 Å². The van der Waals surface area contributed by atoms with E-state index >= 15 is 0 Å². The summed E-state index contributed by atoms with van der Waals surface area (Å²) in [5.74, 6) is 1.65. The minimum absolute atomic E-state index is 0.0602. The highest BCUT2D eigenvalue weighted by molar-refractivity contribution is 6.35. The maximum Gasteiger partial charge on any atom is 0.220 e. The number of halogens is 2. The van der Waals surface area contributed by atoms with Crippen LogP contribution in [-0.2, 0) is 4.79 Å². The summed E-state index contributed by atoms with van der Waals surface area (Å²) in [6.07, 6.45) is 8.04. The van der Waals surface area contributed by atoms with Gasteiger partial charge in [0.05, 0.1) is 17.2 Å². The Bertz CT molecular complexity index is 723. The zero-order chi connectivity index (χ0) is 19.1. The first-order chi connectivity index (χ1) is 12.9. The minimum Gasteiger partial charge on any atom is -0.492 e. The van der Waals surface area contributed by atoms with Gasteiger partial charge in [-0.3, -0.25) is 4.79 Å². The fourth-order valence-corrected chi connectivity index (χ4v) is 6.14. The fourth-order valence-electron chi connectivity index (χ4n) is 5.68. The molecule has 148 valence electrons. The summed E-state index contributed by atoms with van der Waals surface area (Å²) >= 11 is 12.0. The van der Waals surface area contributed by atoms with E-state index in [2.05, 4.69) is 5.32 Å². The van der Waals surface area contributed by atoms with Crippen molar-refractivity contribution in [2.45, 2.75) is 68.9 Å². The van der Waals surface area contributed by atoms with E-state index in [0.717, 1.165) is 38.5 Å². The second-order valence-electron chi connectivity index (χ2n) is 8.73. The Balaban J connectivity index is 1.27. The number of fused-ring (bicyclic) bond motifs is 2. The monoisotopic (exact) mass is 411 g/mol. The van der Waals surface area contributed by atoms with E-state index in [0.29, 0.717) is 47.1 Å². The Morgan fingerprint density at radius 1 is 1.33 bits per heavy atom. The van der Waals surface area contributed by atoms with Gasteiger partial charge in [-0.25, -0.2) is 0 Å². The van der Waals surface area contributed by atoms with Crippen LogP contribution in [0.25, 0.3) is 0 Å². The molecule has 1 aromatic carbocycles. The number of benzene rings is 1. The molecule has 4 atom stereocenters. The van der Waals surface area contributed by atoms with Crippen LogP contribution in [0.5, 0.6) is 5.75 Å². The van der Waals surface area contributed by atoms with Gasteiger partial charge in [-0.2, -0.15) is 0 Å². The summed E-state index contributed by atoms with van der Waals surface area (Å²) in [5, 5.41) is 15.4. The van der Waals surface area contributed by atoms with Crippen molar-refractivity contribution >= 4 is 29.1 Å². The van der Waals surface area contributed by atoms with Crippen molar-refractivity contribution in [3.05, 3.63) is 28.2 Å². The third-order valence-electron chi connectivity index (χ3n) is 6.67. The third kappa shape index (κ3) is 4.08. The van der Waals surface area contributed by atoms with Crippen molar-refractivity contribution in [1.29, 1.82) is 0 Å². The molecule has 6 heteroatoms. The van der Waals surface area contributed by atoms with E-state index in [9.17, 15) is 9.90 Å². The second kappa shape index (κ2) is 7.46. The molecule has 27 heavy (non-hydrogen) atoms. The van der Waals surface area contributed by atoms with E-state index in [4.69, 9.17) is 27.9 Å². The number of hydrogen-bond donors (Lipinski definition) is 2. The molecule has 0 spiro atoms. The van der Waals surface area contributed by atoms with Gasteiger partial charge in [0.2, 0.25) is 5.91 Å². The lowest BCUT2D eigenvalue weighted by Gasteiger charge is -2.38. The Morgan fingerprint density at radius 2 is 2.19 bits per heavy atom. The summed E-state index contributed by atoms with van der Waals surface area (Å²) in [5.41, 5.74) is -0.757. The number of aliphatic hydroxyl groups is 1. The minimum atomic E-state index is -0.563. The summed E-state index contributed by atoms with van der Waals surface area (Å²) in [4.78, 5) is 12.5. The normalized spacial score (nSPS) is 34.3. The van der Waals surface area contributed by atoms with Crippen molar-refractivity contribution < 1.29 is 14.6 Å². The number of hydrogen-bond acceptors (Lipinski definition) is 3. The quantitative estimate of drug-likeness (QED) is 0.664. The highest BCUT2D eigenvalue weighted by Gasteiger charge is 2.59. The topological polar surface area (TPSA) is 58.6 Å². The molecule has 4 unspecified atom stereocenters. The van der Waals surface area contributed by atoms with E-state index in [-0.39, 0.29) is 11.4 Å². The molecule has 4 nitrogen and oxygen atoms in total. The lowest BCUT2D eigenvalue weighted by molar-refractivity contribution is -0.123. The van der Waals surface area contributed by atoms with Gasteiger partial charge >= 0.3 is 0 Å². The van der Waals surface area contributed by atoms with Crippen molar-refractivity contribution in [2.75, 3.05) is 6.61 Å². The molecule has 3 fully saturated rings. The molecular weight excluding hydrogens is 385 g/mol. The largest absolute Gasteiger partial charge is 0.492 e. The van der Waals surface area contributed by atoms with Gasteiger partial charge in [0, 0.05) is 17.0 Å². The van der Waals surface area contributed by atoms with Gasteiger partial charge in [-0.1, -0.05) is 36.0 Å². The number of nitrogens with one attached hydrogen (secondary N) is 1. The third-order valence-corrected chi connectivity index (χ3v) is 7.20. The second-order valence-corrected chi connectivity index (χ2v) is 9.58. The average molecular weight is 412 g/mol.